The number of nitrogens with zero attached hydrogens (tertiary/aromatic N) is 1. The number of carbonyl (C=O) groups excluding carboxylic acids is 1. The van der Waals surface area contributed by atoms with Crippen molar-refractivity contribution in [2.75, 3.05) is 6.61 Å². The summed E-state index contributed by atoms with van der Waals surface area (Å²) in [5.74, 6) is -1.50. The Kier molecular flexibility index (Phi) is 6.89. The van der Waals surface area contributed by atoms with Crippen molar-refractivity contribution in [3.63, 3.8) is 0 Å². The van der Waals surface area contributed by atoms with Crippen LogP contribution in [-0.4, -0.2) is 50.8 Å². The topological polar surface area (TPSA) is 66.8 Å². The van der Waals surface area contributed by atoms with E-state index in [0.29, 0.717) is 13.0 Å². The number of carboxylic acids is 1. The fraction of sp³-hybridized carbons (Fsp3) is 0.900. The molecule has 1 aliphatic heterocycles. The number of rotatable bonds is 7. The van der Waals surface area contributed by atoms with Crippen molar-refractivity contribution in [2.45, 2.75) is 97.2 Å². The normalized spacial score (nSPS) is 23.2. The molecule has 1 fully saturated rings. The highest BCUT2D eigenvalue weighted by Crippen LogP contribution is 2.47. The first-order valence-electron chi connectivity index (χ1n) is 10.1. The van der Waals surface area contributed by atoms with Crippen molar-refractivity contribution in [1.82, 2.24) is 4.57 Å². The zero-order chi connectivity index (χ0) is 21.6. The van der Waals surface area contributed by atoms with Crippen LogP contribution in [0.1, 0.15) is 54.9 Å². The molecule has 3 unspecified atom stereocenters. The number of hydrogen-bond donors (Lipinski definition) is 1. The molecule has 1 N–H and O–H groups in total. The van der Waals surface area contributed by atoms with Gasteiger partial charge in [-0.2, -0.15) is 0 Å². The van der Waals surface area contributed by atoms with Crippen LogP contribution in [-0.2, 0) is 14.0 Å². The first-order chi connectivity index (χ1) is 11.9. The van der Waals surface area contributed by atoms with Gasteiger partial charge >= 0.3 is 5.97 Å². The first kappa shape index (κ1) is 24.4. The van der Waals surface area contributed by atoms with E-state index in [0.717, 1.165) is 0 Å². The van der Waals surface area contributed by atoms with E-state index in [2.05, 4.69) is 67.7 Å². The molecule has 5 nitrogen and oxygen atoms in total. The molecule has 0 aliphatic carbocycles. The summed E-state index contributed by atoms with van der Waals surface area (Å²) in [6.07, 6.45) is 0.610. The highest BCUT2D eigenvalue weighted by molar-refractivity contribution is 6.80. The Morgan fingerprint density at radius 3 is 1.96 bits per heavy atom. The van der Waals surface area contributed by atoms with E-state index in [1.165, 1.54) is 0 Å². The third-order valence-corrected chi connectivity index (χ3v) is 17.2. The summed E-state index contributed by atoms with van der Waals surface area (Å²) in [5.41, 5.74) is 0. The van der Waals surface area contributed by atoms with Gasteiger partial charge in [0.2, 0.25) is 5.91 Å². The lowest BCUT2D eigenvalue weighted by Crippen LogP contribution is -2.74. The zero-order valence-electron chi connectivity index (χ0n) is 19.3. The number of aliphatic carboxylic acids is 1. The van der Waals surface area contributed by atoms with Crippen LogP contribution in [0.25, 0.3) is 0 Å². The second-order valence-electron chi connectivity index (χ2n) is 11.1. The van der Waals surface area contributed by atoms with E-state index in [1.54, 1.807) is 6.92 Å². The van der Waals surface area contributed by atoms with Crippen LogP contribution < -0.4 is 0 Å². The molecular weight excluding hydrogens is 374 g/mol. The molecule has 1 rings (SSSR count). The SMILES string of the molecule is CC(C(=O)O)C1C(CCO[Si](C)(C)C(C)(C)C)C(=O)N1[Si](C)(C)C(C)(C)C. The molecule has 0 radical (unpaired) electrons. The molecule has 3 atom stereocenters. The molecule has 0 aromatic rings. The fourth-order valence-electron chi connectivity index (χ4n) is 3.25. The summed E-state index contributed by atoms with van der Waals surface area (Å²) >= 11 is 0. The maximum Gasteiger partial charge on any atom is 0.308 e. The molecule has 0 saturated carbocycles. The van der Waals surface area contributed by atoms with E-state index in [4.69, 9.17) is 4.43 Å². The van der Waals surface area contributed by atoms with E-state index >= 15 is 0 Å². The number of β-lactam (4-membered cyclic amide) rings is 1. The summed E-state index contributed by atoms with van der Waals surface area (Å²) in [7, 11) is -3.99. The summed E-state index contributed by atoms with van der Waals surface area (Å²) in [5, 5.41) is 9.73. The van der Waals surface area contributed by atoms with Crippen molar-refractivity contribution in [1.29, 1.82) is 0 Å². The van der Waals surface area contributed by atoms with E-state index in [1.807, 2.05) is 4.57 Å². The van der Waals surface area contributed by atoms with Crippen LogP contribution in [0.3, 0.4) is 0 Å². The highest BCUT2D eigenvalue weighted by atomic mass is 28.4. The number of amides is 1. The molecular formula is C20H41NO4Si2. The Bertz CT molecular complexity index is 576. The highest BCUT2D eigenvalue weighted by Gasteiger charge is 2.59. The van der Waals surface area contributed by atoms with Gasteiger partial charge in [0.05, 0.1) is 11.8 Å². The molecule has 1 saturated heterocycles. The van der Waals surface area contributed by atoms with Gasteiger partial charge in [0.1, 0.15) is 0 Å². The maximum atomic E-state index is 13.1. The number of carbonyl (C=O) groups is 2. The predicted molar refractivity (Wildman–Crippen MR) is 116 cm³/mol. The van der Waals surface area contributed by atoms with Gasteiger partial charge in [0.25, 0.3) is 0 Å². The molecule has 1 aliphatic rings. The quantitative estimate of drug-likeness (QED) is 0.472. The molecule has 0 bridgehead atoms. The van der Waals surface area contributed by atoms with Crippen LogP contribution in [0.15, 0.2) is 0 Å². The second kappa shape index (κ2) is 7.63. The van der Waals surface area contributed by atoms with Gasteiger partial charge in [-0.05, 0) is 36.5 Å². The predicted octanol–water partition coefficient (Wildman–Crippen LogP) is 4.95. The molecule has 27 heavy (non-hydrogen) atoms. The van der Waals surface area contributed by atoms with Gasteiger partial charge in [0.15, 0.2) is 16.6 Å². The second-order valence-corrected chi connectivity index (χ2v) is 21.0. The molecule has 0 aromatic carbocycles. The van der Waals surface area contributed by atoms with Crippen molar-refractivity contribution in [3.05, 3.63) is 0 Å². The van der Waals surface area contributed by atoms with E-state index in [9.17, 15) is 14.7 Å². The lowest BCUT2D eigenvalue weighted by Gasteiger charge is -2.59. The van der Waals surface area contributed by atoms with Crippen LogP contribution >= 0.6 is 0 Å². The lowest BCUT2D eigenvalue weighted by atomic mass is 9.80. The third kappa shape index (κ3) is 4.67. The molecule has 158 valence electrons. The Balaban J connectivity index is 2.98. The van der Waals surface area contributed by atoms with Crippen molar-refractivity contribution in [3.8, 4) is 0 Å². The van der Waals surface area contributed by atoms with Crippen LogP contribution in [0, 0.1) is 11.8 Å². The summed E-state index contributed by atoms with van der Waals surface area (Å²) < 4.78 is 8.22. The molecule has 0 aromatic heterocycles. The smallest absolute Gasteiger partial charge is 0.308 e. The largest absolute Gasteiger partial charge is 0.481 e. The Hall–Kier alpha value is -0.666. The Morgan fingerprint density at radius 1 is 1.11 bits per heavy atom. The molecule has 7 heteroatoms. The van der Waals surface area contributed by atoms with Crippen molar-refractivity contribution >= 4 is 28.4 Å². The van der Waals surface area contributed by atoms with Gasteiger partial charge in [-0.25, -0.2) is 0 Å². The minimum Gasteiger partial charge on any atom is -0.481 e. The fourth-order valence-corrected chi connectivity index (χ4v) is 6.90. The lowest BCUT2D eigenvalue weighted by molar-refractivity contribution is -0.158. The Labute approximate surface area is 168 Å². The van der Waals surface area contributed by atoms with Crippen LogP contribution in [0.4, 0.5) is 0 Å². The monoisotopic (exact) mass is 415 g/mol. The zero-order valence-corrected chi connectivity index (χ0v) is 21.3. The maximum absolute atomic E-state index is 13.1. The number of carboxylic acid groups (broad SMARTS) is 1. The van der Waals surface area contributed by atoms with Gasteiger partial charge in [-0.1, -0.05) is 54.6 Å². The number of hydrogen-bond acceptors (Lipinski definition) is 3. The van der Waals surface area contributed by atoms with Crippen molar-refractivity contribution in [2.24, 2.45) is 11.8 Å². The van der Waals surface area contributed by atoms with Gasteiger partial charge < -0.3 is 14.1 Å². The molecule has 0 spiro atoms. The minimum absolute atomic E-state index is 0.0122. The summed E-state index contributed by atoms with van der Waals surface area (Å²) in [6.45, 7) is 24.1. The van der Waals surface area contributed by atoms with Gasteiger partial charge in [-0.3, -0.25) is 9.59 Å². The third-order valence-electron chi connectivity index (χ3n) is 7.30. The average molecular weight is 416 g/mol. The summed E-state index contributed by atoms with van der Waals surface area (Å²) in [4.78, 5) is 24.8. The molecule has 1 amide bonds. The van der Waals surface area contributed by atoms with E-state index < -0.39 is 28.4 Å². The average Bonchev–Trinajstić information content (AvgIpc) is 2.45. The van der Waals surface area contributed by atoms with Gasteiger partial charge in [-0.15, -0.1) is 0 Å². The Morgan fingerprint density at radius 2 is 1.59 bits per heavy atom. The summed E-state index contributed by atoms with van der Waals surface area (Å²) in [6, 6.07) is -0.223. The van der Waals surface area contributed by atoms with Crippen LogP contribution in [0.2, 0.25) is 36.3 Å². The van der Waals surface area contributed by atoms with Crippen LogP contribution in [0.5, 0.6) is 0 Å². The van der Waals surface area contributed by atoms with Gasteiger partial charge in [0, 0.05) is 12.6 Å². The molecule has 1 heterocycles. The van der Waals surface area contributed by atoms with E-state index in [-0.39, 0.29) is 27.9 Å². The van der Waals surface area contributed by atoms with Crippen molar-refractivity contribution < 1.29 is 19.1 Å². The first-order valence-corrected chi connectivity index (χ1v) is 15.9. The minimum atomic E-state index is -2.12. The standard InChI is InChI=1S/C20H41NO4Si2/c1-14(18(23)24)16-15(12-13-25-27(10,11)20(5,6)7)17(22)21(16)26(8,9)19(2,3)4/h14-16H,12-13H2,1-11H3,(H,23,24).